The largest absolute Gasteiger partial charge is 0.369 e. The van der Waals surface area contributed by atoms with Gasteiger partial charge in [0.05, 0.1) is 11.1 Å². The molecule has 0 saturated heterocycles. The predicted molar refractivity (Wildman–Crippen MR) is 104 cm³/mol. The third kappa shape index (κ3) is 3.37. The van der Waals surface area contributed by atoms with Crippen molar-refractivity contribution < 1.29 is 4.92 Å². The molecule has 26 heavy (non-hydrogen) atoms. The van der Waals surface area contributed by atoms with Crippen molar-refractivity contribution in [2.24, 2.45) is 5.10 Å². The van der Waals surface area contributed by atoms with Gasteiger partial charge < -0.3 is 4.90 Å². The van der Waals surface area contributed by atoms with Crippen molar-refractivity contribution in [3.8, 4) is 0 Å². The summed E-state index contributed by atoms with van der Waals surface area (Å²) in [5.41, 5.74) is 6.15. The minimum absolute atomic E-state index is 0.104. The van der Waals surface area contributed by atoms with Crippen LogP contribution < -0.4 is 10.3 Å². The molecule has 1 aliphatic rings. The van der Waals surface area contributed by atoms with Crippen molar-refractivity contribution in [2.45, 2.75) is 38.6 Å². The van der Waals surface area contributed by atoms with Gasteiger partial charge in [0, 0.05) is 30.5 Å². The topological polar surface area (TPSA) is 83.7 Å². The summed E-state index contributed by atoms with van der Waals surface area (Å²) >= 11 is 0. The molecule has 1 aromatic heterocycles. The van der Waals surface area contributed by atoms with E-state index >= 15 is 0 Å². The summed E-state index contributed by atoms with van der Waals surface area (Å²) in [4.78, 5) is 16.8. The number of hydrogen-bond donors (Lipinski definition) is 1. The van der Waals surface area contributed by atoms with Crippen LogP contribution in [0.2, 0.25) is 0 Å². The highest BCUT2D eigenvalue weighted by molar-refractivity contribution is 5.82. The molecule has 0 spiro atoms. The molecule has 0 radical (unpaired) electrons. The number of anilines is 2. The third-order valence-electron chi connectivity index (χ3n) is 5.02. The first-order chi connectivity index (χ1) is 12.3. The summed E-state index contributed by atoms with van der Waals surface area (Å²) in [5.74, 6) is 0.580. The van der Waals surface area contributed by atoms with Crippen LogP contribution >= 0.6 is 0 Å². The minimum atomic E-state index is -0.483. The lowest BCUT2D eigenvalue weighted by molar-refractivity contribution is -0.384. The van der Waals surface area contributed by atoms with Gasteiger partial charge in [-0.1, -0.05) is 13.0 Å². The summed E-state index contributed by atoms with van der Waals surface area (Å²) in [6.07, 6.45) is 4.23. The molecule has 1 N–H and O–H groups in total. The van der Waals surface area contributed by atoms with Crippen LogP contribution in [0.25, 0.3) is 0 Å². The third-order valence-corrected chi connectivity index (χ3v) is 5.02. The molecule has 0 saturated carbocycles. The second-order valence-electron chi connectivity index (χ2n) is 7.29. The van der Waals surface area contributed by atoms with Crippen LogP contribution in [0.5, 0.6) is 0 Å². The second kappa shape index (κ2) is 6.74. The van der Waals surface area contributed by atoms with Crippen molar-refractivity contribution in [2.75, 3.05) is 17.4 Å². The van der Waals surface area contributed by atoms with E-state index in [9.17, 15) is 10.1 Å². The lowest BCUT2D eigenvalue weighted by Gasteiger charge is -2.45. The Hall–Kier alpha value is -2.96. The second-order valence-corrected chi connectivity index (χ2v) is 7.29. The average Bonchev–Trinajstić information content (AvgIpc) is 2.60. The summed E-state index contributed by atoms with van der Waals surface area (Å²) in [6.45, 7) is 6.75. The first kappa shape index (κ1) is 17.8. The van der Waals surface area contributed by atoms with Gasteiger partial charge in [0.2, 0.25) is 5.82 Å². The van der Waals surface area contributed by atoms with Crippen LogP contribution in [0.4, 0.5) is 17.2 Å². The number of nitrogens with zero attached hydrogens (tertiary/aromatic N) is 4. The van der Waals surface area contributed by atoms with Gasteiger partial charge in [-0.2, -0.15) is 5.10 Å². The number of rotatable bonds is 4. The Morgan fingerprint density at radius 2 is 2.19 bits per heavy atom. The molecule has 1 atom stereocenters. The van der Waals surface area contributed by atoms with E-state index < -0.39 is 4.92 Å². The number of pyridine rings is 1. The molecule has 1 aromatic carbocycles. The molecule has 1 unspecified atom stereocenters. The van der Waals surface area contributed by atoms with E-state index in [0.717, 1.165) is 12.0 Å². The molecule has 0 fully saturated rings. The van der Waals surface area contributed by atoms with Crippen molar-refractivity contribution >= 4 is 23.4 Å². The number of hydrogen-bond acceptors (Lipinski definition) is 6. The van der Waals surface area contributed by atoms with E-state index in [1.807, 2.05) is 6.07 Å². The maximum Gasteiger partial charge on any atom is 0.313 e. The number of aromatic nitrogens is 1. The highest BCUT2D eigenvalue weighted by atomic mass is 16.6. The van der Waals surface area contributed by atoms with Crippen molar-refractivity contribution in [3.05, 3.63) is 57.8 Å². The fraction of sp³-hybridized carbons (Fsp3) is 0.368. The quantitative estimate of drug-likeness (QED) is 0.507. The summed E-state index contributed by atoms with van der Waals surface area (Å²) in [6, 6.07) is 9.15. The van der Waals surface area contributed by atoms with Crippen LogP contribution in [0.3, 0.4) is 0 Å². The van der Waals surface area contributed by atoms with Crippen LogP contribution in [0.1, 0.15) is 44.2 Å². The van der Waals surface area contributed by atoms with E-state index in [-0.39, 0.29) is 17.0 Å². The molecular weight excluding hydrogens is 330 g/mol. The molecule has 0 bridgehead atoms. The fourth-order valence-electron chi connectivity index (χ4n) is 3.47. The standard InChI is InChI=1S/C19H23N5O2/c1-13-11-19(2,3)23(4)16-8-7-14(10-15(13)16)12-21-22-18-17(24(25)26)6-5-9-20-18/h5-10,12-13H,11H2,1-4H3,(H,20,22)/b21-12+. The lowest BCUT2D eigenvalue weighted by atomic mass is 9.80. The zero-order valence-corrected chi connectivity index (χ0v) is 15.4. The molecule has 3 rings (SSSR count). The highest BCUT2D eigenvalue weighted by Gasteiger charge is 2.33. The monoisotopic (exact) mass is 353 g/mol. The molecule has 0 amide bonds. The Morgan fingerprint density at radius 3 is 2.92 bits per heavy atom. The van der Waals surface area contributed by atoms with Gasteiger partial charge in [0.15, 0.2) is 0 Å². The molecule has 2 aromatic rings. The van der Waals surface area contributed by atoms with Gasteiger partial charge in [0.1, 0.15) is 0 Å². The van der Waals surface area contributed by atoms with Crippen LogP contribution in [-0.2, 0) is 0 Å². The van der Waals surface area contributed by atoms with Crippen LogP contribution in [-0.4, -0.2) is 28.7 Å². The molecule has 136 valence electrons. The predicted octanol–water partition coefficient (Wildman–Crippen LogP) is 4.16. The number of fused-ring (bicyclic) bond motifs is 1. The summed E-state index contributed by atoms with van der Waals surface area (Å²) in [7, 11) is 2.13. The zero-order valence-electron chi connectivity index (χ0n) is 15.4. The lowest BCUT2D eigenvalue weighted by Crippen LogP contribution is -2.45. The van der Waals surface area contributed by atoms with Gasteiger partial charge in [-0.3, -0.25) is 15.5 Å². The Kier molecular flexibility index (Phi) is 4.63. The zero-order chi connectivity index (χ0) is 18.9. The van der Waals surface area contributed by atoms with Gasteiger partial charge >= 0.3 is 5.69 Å². The van der Waals surface area contributed by atoms with Gasteiger partial charge in [-0.15, -0.1) is 0 Å². The van der Waals surface area contributed by atoms with Gasteiger partial charge in [0.25, 0.3) is 0 Å². The van der Waals surface area contributed by atoms with E-state index in [0.29, 0.717) is 5.92 Å². The minimum Gasteiger partial charge on any atom is -0.369 e. The average molecular weight is 353 g/mol. The summed E-state index contributed by atoms with van der Waals surface area (Å²) < 4.78 is 0. The van der Waals surface area contributed by atoms with Crippen LogP contribution in [0.15, 0.2) is 41.6 Å². The maximum atomic E-state index is 11.0. The highest BCUT2D eigenvalue weighted by Crippen LogP contribution is 2.42. The molecule has 2 heterocycles. The van der Waals surface area contributed by atoms with Crippen molar-refractivity contribution in [1.82, 2.24) is 4.98 Å². The first-order valence-electron chi connectivity index (χ1n) is 8.56. The normalized spacial score (nSPS) is 18.6. The first-order valence-corrected chi connectivity index (χ1v) is 8.56. The molecule has 1 aliphatic heterocycles. The van der Waals surface area contributed by atoms with E-state index in [2.05, 4.69) is 60.4 Å². The number of nitro groups is 1. The summed E-state index contributed by atoms with van der Waals surface area (Å²) in [5, 5.41) is 15.1. The van der Waals surface area contributed by atoms with Gasteiger partial charge in [-0.25, -0.2) is 4.98 Å². The Balaban J connectivity index is 1.81. The van der Waals surface area contributed by atoms with Gasteiger partial charge in [-0.05, 0) is 55.5 Å². The molecular formula is C19H23N5O2. The van der Waals surface area contributed by atoms with E-state index in [1.165, 1.54) is 29.6 Å². The Bertz CT molecular complexity index is 863. The number of hydrazone groups is 1. The van der Waals surface area contributed by atoms with E-state index in [1.54, 1.807) is 6.21 Å². The smallest absolute Gasteiger partial charge is 0.313 e. The fourth-order valence-corrected chi connectivity index (χ4v) is 3.47. The van der Waals surface area contributed by atoms with Crippen LogP contribution in [0, 0.1) is 10.1 Å². The van der Waals surface area contributed by atoms with Crippen molar-refractivity contribution in [3.63, 3.8) is 0 Å². The van der Waals surface area contributed by atoms with Crippen molar-refractivity contribution in [1.29, 1.82) is 0 Å². The van der Waals surface area contributed by atoms with E-state index in [4.69, 9.17) is 0 Å². The number of nitrogens with one attached hydrogen (secondary N) is 1. The molecule has 7 heteroatoms. The Labute approximate surface area is 152 Å². The molecule has 7 nitrogen and oxygen atoms in total. The number of benzene rings is 1. The Morgan fingerprint density at radius 1 is 1.42 bits per heavy atom. The molecule has 0 aliphatic carbocycles. The SMILES string of the molecule is CC1CC(C)(C)N(C)c2ccc(/C=N/Nc3ncccc3[N+](=O)[O-])cc21. The maximum absolute atomic E-state index is 11.0.